The number of halogens is 1. The Morgan fingerprint density at radius 2 is 2.24 bits per heavy atom. The maximum atomic E-state index is 6.37. The molecule has 0 aromatic carbocycles. The van der Waals surface area contributed by atoms with Crippen molar-refractivity contribution >= 4 is 27.3 Å². The van der Waals surface area contributed by atoms with Crippen LogP contribution in [0.1, 0.15) is 4.88 Å². The first-order valence-electron chi connectivity index (χ1n) is 5.95. The molecule has 0 amide bonds. The van der Waals surface area contributed by atoms with Crippen molar-refractivity contribution in [3.63, 3.8) is 0 Å². The number of likely N-dealkylation sites (N-methyl/N-ethyl adjacent to an activating group) is 2. The van der Waals surface area contributed by atoms with Gasteiger partial charge in [0.15, 0.2) is 0 Å². The van der Waals surface area contributed by atoms with E-state index < -0.39 is 0 Å². The van der Waals surface area contributed by atoms with E-state index in [1.165, 1.54) is 8.66 Å². The topological polar surface area (TPSA) is 32.5 Å². The van der Waals surface area contributed by atoms with Crippen LogP contribution in [0.2, 0.25) is 0 Å². The Labute approximate surface area is 116 Å². The van der Waals surface area contributed by atoms with Crippen LogP contribution in [0.5, 0.6) is 0 Å². The Balaban J connectivity index is 1.96. The van der Waals surface area contributed by atoms with Crippen molar-refractivity contribution in [2.45, 2.75) is 18.5 Å². The van der Waals surface area contributed by atoms with Crippen molar-refractivity contribution in [2.24, 2.45) is 5.73 Å². The fourth-order valence-corrected chi connectivity index (χ4v) is 3.89. The number of rotatable bonds is 3. The monoisotopic (exact) mass is 317 g/mol. The molecule has 2 N–H and O–H groups in total. The summed E-state index contributed by atoms with van der Waals surface area (Å²) in [6, 6.07) is 4.95. The molecular formula is C12H20BrN3S. The van der Waals surface area contributed by atoms with Crippen molar-refractivity contribution in [2.75, 3.05) is 33.7 Å². The van der Waals surface area contributed by atoms with Crippen LogP contribution >= 0.6 is 27.3 Å². The Morgan fingerprint density at radius 3 is 2.88 bits per heavy atom. The molecule has 17 heavy (non-hydrogen) atoms. The van der Waals surface area contributed by atoms with Crippen molar-refractivity contribution < 1.29 is 0 Å². The Morgan fingerprint density at radius 1 is 1.47 bits per heavy atom. The molecule has 3 nitrogen and oxygen atoms in total. The van der Waals surface area contributed by atoms with Gasteiger partial charge in [-0.3, -0.25) is 4.90 Å². The van der Waals surface area contributed by atoms with E-state index in [1.807, 2.05) is 0 Å². The van der Waals surface area contributed by atoms with Gasteiger partial charge in [0.05, 0.1) is 3.79 Å². The highest BCUT2D eigenvalue weighted by Gasteiger charge is 2.27. The van der Waals surface area contributed by atoms with Crippen LogP contribution in [-0.4, -0.2) is 55.6 Å². The second kappa shape index (κ2) is 5.80. The average molecular weight is 318 g/mol. The predicted molar refractivity (Wildman–Crippen MR) is 77.6 cm³/mol. The van der Waals surface area contributed by atoms with Crippen LogP contribution in [-0.2, 0) is 6.42 Å². The first-order chi connectivity index (χ1) is 8.06. The first kappa shape index (κ1) is 13.5. The van der Waals surface area contributed by atoms with Gasteiger partial charge in [-0.15, -0.1) is 11.3 Å². The fraction of sp³-hybridized carbons (Fsp3) is 0.667. The van der Waals surface area contributed by atoms with Gasteiger partial charge >= 0.3 is 0 Å². The summed E-state index contributed by atoms with van der Waals surface area (Å²) in [6.07, 6.45) is 0.971. The highest BCUT2D eigenvalue weighted by molar-refractivity contribution is 9.11. The van der Waals surface area contributed by atoms with Gasteiger partial charge in [0.25, 0.3) is 0 Å². The molecule has 1 aromatic rings. The largest absolute Gasteiger partial charge is 0.326 e. The highest BCUT2D eigenvalue weighted by Crippen LogP contribution is 2.24. The molecule has 2 unspecified atom stereocenters. The summed E-state index contributed by atoms with van der Waals surface area (Å²) in [6.45, 7) is 3.33. The van der Waals surface area contributed by atoms with Crippen LogP contribution in [0.15, 0.2) is 15.9 Å². The molecule has 1 fully saturated rings. The van der Waals surface area contributed by atoms with Crippen molar-refractivity contribution in [3.8, 4) is 0 Å². The van der Waals surface area contributed by atoms with E-state index in [1.54, 1.807) is 11.3 Å². The minimum atomic E-state index is 0.216. The van der Waals surface area contributed by atoms with Gasteiger partial charge in [-0.1, -0.05) is 0 Å². The molecule has 0 radical (unpaired) electrons. The lowest BCUT2D eigenvalue weighted by Crippen LogP contribution is -2.58. The Bertz CT molecular complexity index is 368. The van der Waals surface area contributed by atoms with E-state index in [0.29, 0.717) is 6.04 Å². The minimum absolute atomic E-state index is 0.216. The third kappa shape index (κ3) is 3.51. The summed E-state index contributed by atoms with van der Waals surface area (Å²) in [5.41, 5.74) is 6.37. The molecule has 0 aliphatic carbocycles. The van der Waals surface area contributed by atoms with Crippen molar-refractivity contribution in [3.05, 3.63) is 20.8 Å². The molecule has 2 atom stereocenters. The lowest BCUT2D eigenvalue weighted by Gasteiger charge is -2.40. The van der Waals surface area contributed by atoms with E-state index in [-0.39, 0.29) is 6.04 Å². The maximum Gasteiger partial charge on any atom is 0.0701 e. The minimum Gasteiger partial charge on any atom is -0.326 e. The zero-order valence-corrected chi connectivity index (χ0v) is 12.8. The molecule has 1 aliphatic rings. The summed E-state index contributed by atoms with van der Waals surface area (Å²) in [4.78, 5) is 6.13. The van der Waals surface area contributed by atoms with E-state index in [0.717, 1.165) is 26.1 Å². The SMILES string of the molecule is CN1CCN(C)C(C(N)Cc2ccc(Br)s2)C1. The van der Waals surface area contributed by atoms with Gasteiger partial charge in [-0.05, 0) is 48.6 Å². The number of piperazine rings is 1. The van der Waals surface area contributed by atoms with Gasteiger partial charge in [-0.2, -0.15) is 0 Å². The van der Waals surface area contributed by atoms with E-state index in [9.17, 15) is 0 Å². The lowest BCUT2D eigenvalue weighted by atomic mass is 10.0. The van der Waals surface area contributed by atoms with E-state index in [4.69, 9.17) is 5.73 Å². The normalized spacial score (nSPS) is 25.1. The van der Waals surface area contributed by atoms with Gasteiger partial charge in [0.2, 0.25) is 0 Å². The molecule has 96 valence electrons. The molecule has 5 heteroatoms. The molecule has 0 saturated carbocycles. The zero-order valence-electron chi connectivity index (χ0n) is 10.4. The summed E-state index contributed by atoms with van der Waals surface area (Å²) in [7, 11) is 4.36. The molecule has 0 spiro atoms. The fourth-order valence-electron chi connectivity index (χ4n) is 2.34. The Kier molecular flexibility index (Phi) is 4.60. The standard InChI is InChI=1S/C12H20BrN3S/c1-15-5-6-16(2)11(8-15)10(14)7-9-3-4-12(13)17-9/h3-4,10-11H,5-8,14H2,1-2H3. The van der Waals surface area contributed by atoms with Gasteiger partial charge in [0, 0.05) is 36.6 Å². The highest BCUT2D eigenvalue weighted by atomic mass is 79.9. The van der Waals surface area contributed by atoms with Crippen LogP contribution in [0, 0.1) is 0 Å². The van der Waals surface area contributed by atoms with E-state index >= 15 is 0 Å². The summed E-state index contributed by atoms with van der Waals surface area (Å²) in [5.74, 6) is 0. The van der Waals surface area contributed by atoms with Crippen molar-refractivity contribution in [1.29, 1.82) is 0 Å². The molecule has 1 saturated heterocycles. The van der Waals surface area contributed by atoms with Crippen LogP contribution in [0.25, 0.3) is 0 Å². The molecular weight excluding hydrogens is 298 g/mol. The second-order valence-corrected chi connectivity index (χ2v) is 7.43. The van der Waals surface area contributed by atoms with Gasteiger partial charge in [0.1, 0.15) is 0 Å². The van der Waals surface area contributed by atoms with Crippen LogP contribution in [0.3, 0.4) is 0 Å². The van der Waals surface area contributed by atoms with Crippen LogP contribution < -0.4 is 5.73 Å². The number of hydrogen-bond donors (Lipinski definition) is 1. The lowest BCUT2D eigenvalue weighted by molar-refractivity contribution is 0.0975. The Hall–Kier alpha value is 0.0600. The number of hydrogen-bond acceptors (Lipinski definition) is 4. The van der Waals surface area contributed by atoms with E-state index in [2.05, 4.69) is 52.0 Å². The summed E-state index contributed by atoms with van der Waals surface area (Å²) in [5, 5.41) is 0. The molecule has 1 aromatic heterocycles. The smallest absolute Gasteiger partial charge is 0.0701 e. The molecule has 2 rings (SSSR count). The zero-order chi connectivity index (χ0) is 12.4. The number of thiophene rings is 1. The third-order valence-corrected chi connectivity index (χ3v) is 5.11. The quantitative estimate of drug-likeness (QED) is 0.919. The molecule has 0 bridgehead atoms. The van der Waals surface area contributed by atoms with Gasteiger partial charge < -0.3 is 10.6 Å². The second-order valence-electron chi connectivity index (χ2n) is 4.88. The summed E-state index contributed by atoms with van der Waals surface area (Å²) >= 11 is 5.29. The summed E-state index contributed by atoms with van der Waals surface area (Å²) < 4.78 is 1.19. The maximum absolute atomic E-state index is 6.37. The van der Waals surface area contributed by atoms with Gasteiger partial charge in [-0.25, -0.2) is 0 Å². The third-order valence-electron chi connectivity index (χ3n) is 3.46. The van der Waals surface area contributed by atoms with Crippen LogP contribution in [0.4, 0.5) is 0 Å². The number of nitrogens with two attached hydrogens (primary N) is 1. The predicted octanol–water partition coefficient (Wildman–Crippen LogP) is 1.63. The average Bonchev–Trinajstić information content (AvgIpc) is 2.67. The number of nitrogens with zero attached hydrogens (tertiary/aromatic N) is 2. The molecule has 1 aliphatic heterocycles. The first-order valence-corrected chi connectivity index (χ1v) is 7.56. The molecule has 2 heterocycles. The van der Waals surface area contributed by atoms with Crippen molar-refractivity contribution in [1.82, 2.24) is 9.80 Å².